The Hall–Kier alpha value is -2.04. The summed E-state index contributed by atoms with van der Waals surface area (Å²) in [5, 5.41) is 21.0. The van der Waals surface area contributed by atoms with Crippen LogP contribution in [-0.4, -0.2) is 27.6 Å². The van der Waals surface area contributed by atoms with Gasteiger partial charge < -0.3 is 15.1 Å². The van der Waals surface area contributed by atoms with Crippen LogP contribution in [0.3, 0.4) is 0 Å². The molecule has 5 heteroatoms. The standard InChI is InChI=1S/C13H17NO4/c1-13(2,3)18-12(16)11(14-17)8-9-4-6-10(15)7-5-9/h4-7,15,17H,8H2,1-3H3/b14-11+. The van der Waals surface area contributed by atoms with Gasteiger partial charge in [-0.1, -0.05) is 17.3 Å². The van der Waals surface area contributed by atoms with Gasteiger partial charge in [-0.2, -0.15) is 0 Å². The lowest BCUT2D eigenvalue weighted by molar-refractivity contribution is -0.146. The van der Waals surface area contributed by atoms with Gasteiger partial charge in [-0.25, -0.2) is 4.79 Å². The number of carbonyl (C=O) groups excluding carboxylic acids is 1. The van der Waals surface area contributed by atoms with E-state index in [2.05, 4.69) is 5.16 Å². The number of oxime groups is 1. The van der Waals surface area contributed by atoms with Crippen LogP contribution < -0.4 is 0 Å². The number of carbonyl (C=O) groups is 1. The normalized spacial score (nSPS) is 12.3. The Labute approximate surface area is 106 Å². The summed E-state index contributed by atoms with van der Waals surface area (Å²) in [6.45, 7) is 5.21. The molecule has 0 saturated carbocycles. The molecule has 0 fully saturated rings. The summed E-state index contributed by atoms with van der Waals surface area (Å²) in [6, 6.07) is 6.29. The fraction of sp³-hybridized carbons (Fsp3) is 0.385. The number of esters is 1. The molecule has 0 amide bonds. The van der Waals surface area contributed by atoms with E-state index < -0.39 is 11.6 Å². The number of rotatable bonds is 3. The minimum Gasteiger partial charge on any atom is -0.508 e. The first-order valence-electron chi connectivity index (χ1n) is 5.54. The Bertz CT molecular complexity index is 443. The van der Waals surface area contributed by atoms with Crippen molar-refractivity contribution in [2.75, 3.05) is 0 Å². The highest BCUT2D eigenvalue weighted by atomic mass is 16.6. The Morgan fingerprint density at radius 3 is 2.28 bits per heavy atom. The topological polar surface area (TPSA) is 79.1 Å². The summed E-state index contributed by atoms with van der Waals surface area (Å²) in [4.78, 5) is 11.7. The summed E-state index contributed by atoms with van der Waals surface area (Å²) >= 11 is 0. The van der Waals surface area contributed by atoms with Gasteiger partial charge in [-0.05, 0) is 38.5 Å². The highest BCUT2D eigenvalue weighted by molar-refractivity contribution is 6.36. The van der Waals surface area contributed by atoms with E-state index >= 15 is 0 Å². The number of benzene rings is 1. The van der Waals surface area contributed by atoms with Gasteiger partial charge in [0.2, 0.25) is 0 Å². The summed E-state index contributed by atoms with van der Waals surface area (Å²) in [5.74, 6) is -0.517. The summed E-state index contributed by atoms with van der Waals surface area (Å²) in [6.07, 6.45) is 0.145. The minimum atomic E-state index is -0.655. The Balaban J connectivity index is 2.74. The van der Waals surface area contributed by atoms with Crippen molar-refractivity contribution in [3.8, 4) is 5.75 Å². The Morgan fingerprint density at radius 1 is 1.28 bits per heavy atom. The summed E-state index contributed by atoms with van der Waals surface area (Å²) < 4.78 is 5.11. The van der Waals surface area contributed by atoms with E-state index in [1.807, 2.05) is 0 Å². The van der Waals surface area contributed by atoms with Gasteiger partial charge in [0, 0.05) is 6.42 Å². The Morgan fingerprint density at radius 2 is 1.83 bits per heavy atom. The lowest BCUT2D eigenvalue weighted by Gasteiger charge is -2.19. The van der Waals surface area contributed by atoms with Gasteiger partial charge in [0.25, 0.3) is 0 Å². The predicted octanol–water partition coefficient (Wildman–Crippen LogP) is 2.11. The zero-order valence-electron chi connectivity index (χ0n) is 10.7. The van der Waals surface area contributed by atoms with E-state index in [0.717, 1.165) is 5.56 Å². The van der Waals surface area contributed by atoms with E-state index in [1.165, 1.54) is 12.1 Å². The first kappa shape index (κ1) is 14.0. The Kier molecular flexibility index (Phi) is 4.31. The largest absolute Gasteiger partial charge is 0.508 e. The van der Waals surface area contributed by atoms with Crippen molar-refractivity contribution in [1.29, 1.82) is 0 Å². The van der Waals surface area contributed by atoms with E-state index in [1.54, 1.807) is 32.9 Å². The molecule has 0 aliphatic carbocycles. The van der Waals surface area contributed by atoms with Crippen LogP contribution in [0.2, 0.25) is 0 Å². The highest BCUT2D eigenvalue weighted by Gasteiger charge is 2.21. The lowest BCUT2D eigenvalue weighted by atomic mass is 10.1. The molecule has 5 nitrogen and oxygen atoms in total. The minimum absolute atomic E-state index is 0.0735. The number of ether oxygens (including phenoxy) is 1. The number of aromatic hydroxyl groups is 1. The number of phenolic OH excluding ortho intramolecular Hbond substituents is 1. The van der Waals surface area contributed by atoms with Gasteiger partial charge in [-0.3, -0.25) is 0 Å². The molecular weight excluding hydrogens is 234 g/mol. The lowest BCUT2D eigenvalue weighted by Crippen LogP contribution is -2.30. The van der Waals surface area contributed by atoms with Gasteiger partial charge in [0.15, 0.2) is 5.71 Å². The molecular formula is C13H17NO4. The number of nitrogens with zero attached hydrogens (tertiary/aromatic N) is 1. The van der Waals surface area contributed by atoms with Crippen molar-refractivity contribution < 1.29 is 19.8 Å². The van der Waals surface area contributed by atoms with Crippen molar-refractivity contribution in [3.63, 3.8) is 0 Å². The molecule has 1 aromatic carbocycles. The molecule has 0 radical (unpaired) electrons. The molecule has 0 aromatic heterocycles. The third-order valence-corrected chi connectivity index (χ3v) is 2.06. The second-order valence-electron chi connectivity index (χ2n) is 4.89. The molecule has 0 aliphatic heterocycles. The molecule has 0 saturated heterocycles. The van der Waals surface area contributed by atoms with Crippen LogP contribution in [-0.2, 0) is 16.0 Å². The first-order valence-corrected chi connectivity index (χ1v) is 5.54. The van der Waals surface area contributed by atoms with Gasteiger partial charge >= 0.3 is 5.97 Å². The molecule has 98 valence electrons. The molecule has 0 unspecified atom stereocenters. The van der Waals surface area contributed by atoms with Crippen LogP contribution in [0.15, 0.2) is 29.4 Å². The van der Waals surface area contributed by atoms with Crippen LogP contribution in [0, 0.1) is 0 Å². The summed E-state index contributed by atoms with van der Waals surface area (Å²) in [5.41, 5.74) is 0.0317. The summed E-state index contributed by atoms with van der Waals surface area (Å²) in [7, 11) is 0. The second-order valence-corrected chi connectivity index (χ2v) is 4.89. The van der Waals surface area contributed by atoms with E-state index in [0.29, 0.717) is 0 Å². The highest BCUT2D eigenvalue weighted by Crippen LogP contribution is 2.12. The maximum Gasteiger partial charge on any atom is 0.356 e. The van der Waals surface area contributed by atoms with Gasteiger partial charge in [-0.15, -0.1) is 0 Å². The van der Waals surface area contributed by atoms with Crippen LogP contribution in [0.5, 0.6) is 5.75 Å². The quantitative estimate of drug-likeness (QED) is 0.373. The van der Waals surface area contributed by atoms with Crippen LogP contribution >= 0.6 is 0 Å². The third kappa shape index (κ3) is 4.45. The maximum absolute atomic E-state index is 11.7. The second kappa shape index (κ2) is 5.53. The van der Waals surface area contributed by atoms with Crippen molar-refractivity contribution >= 4 is 11.7 Å². The van der Waals surface area contributed by atoms with Crippen molar-refractivity contribution in [2.24, 2.45) is 5.16 Å². The van der Waals surface area contributed by atoms with Crippen LogP contribution in [0.4, 0.5) is 0 Å². The van der Waals surface area contributed by atoms with E-state index in [9.17, 15) is 4.79 Å². The predicted molar refractivity (Wildman–Crippen MR) is 66.9 cm³/mol. The fourth-order valence-corrected chi connectivity index (χ4v) is 1.29. The van der Waals surface area contributed by atoms with Crippen molar-refractivity contribution in [2.45, 2.75) is 32.8 Å². The van der Waals surface area contributed by atoms with Gasteiger partial charge in [0.05, 0.1) is 0 Å². The molecule has 0 aliphatic rings. The van der Waals surface area contributed by atoms with E-state index in [4.69, 9.17) is 15.1 Å². The maximum atomic E-state index is 11.7. The third-order valence-electron chi connectivity index (χ3n) is 2.06. The zero-order chi connectivity index (χ0) is 13.8. The smallest absolute Gasteiger partial charge is 0.356 e. The molecule has 18 heavy (non-hydrogen) atoms. The molecule has 1 aromatic rings. The SMILES string of the molecule is CC(C)(C)OC(=O)/C(Cc1ccc(O)cc1)=N/O. The van der Waals surface area contributed by atoms with Crippen molar-refractivity contribution in [3.05, 3.63) is 29.8 Å². The van der Waals surface area contributed by atoms with Crippen LogP contribution in [0.1, 0.15) is 26.3 Å². The monoisotopic (exact) mass is 251 g/mol. The zero-order valence-corrected chi connectivity index (χ0v) is 10.7. The van der Waals surface area contributed by atoms with Crippen LogP contribution in [0.25, 0.3) is 0 Å². The fourth-order valence-electron chi connectivity index (χ4n) is 1.29. The van der Waals surface area contributed by atoms with E-state index in [-0.39, 0.29) is 17.9 Å². The molecule has 0 heterocycles. The van der Waals surface area contributed by atoms with Gasteiger partial charge in [0.1, 0.15) is 11.4 Å². The molecule has 0 bridgehead atoms. The first-order chi connectivity index (χ1) is 8.31. The molecule has 0 atom stereocenters. The molecule has 1 rings (SSSR count). The molecule has 0 spiro atoms. The average molecular weight is 251 g/mol. The number of hydrogen-bond acceptors (Lipinski definition) is 5. The van der Waals surface area contributed by atoms with Crippen molar-refractivity contribution in [1.82, 2.24) is 0 Å². The number of hydrogen-bond donors (Lipinski definition) is 2. The number of phenols is 1. The average Bonchev–Trinajstić information content (AvgIpc) is 2.25. The molecule has 2 N–H and O–H groups in total.